The van der Waals surface area contributed by atoms with Crippen molar-refractivity contribution in [3.8, 4) is 0 Å². The smallest absolute Gasteiger partial charge is 0.0152 e. The Labute approximate surface area is 124 Å². The van der Waals surface area contributed by atoms with Crippen LogP contribution in [0.5, 0.6) is 0 Å². The normalized spacial score (nSPS) is 11.8. The molecule has 3 aromatic rings. The molecule has 0 nitrogen and oxygen atoms in total. The maximum atomic E-state index is 2.26. The molecule has 0 aliphatic carbocycles. The maximum Gasteiger partial charge on any atom is 0.0152 e. The second kappa shape index (κ2) is 5.98. The van der Waals surface area contributed by atoms with Crippen LogP contribution in [0.15, 0.2) is 83.8 Å². The van der Waals surface area contributed by atoms with Crippen LogP contribution in [0.2, 0.25) is 0 Å². The predicted octanol–water partition coefficient (Wildman–Crippen LogP) is 5.99. The molecule has 0 unspecified atom stereocenters. The number of hydrogen-bond donors (Lipinski definition) is 0. The summed E-state index contributed by atoms with van der Waals surface area (Å²) in [5.74, 6) is 0. The Hall–Kier alpha value is -1.99. The van der Waals surface area contributed by atoms with E-state index in [4.69, 9.17) is 0 Å². The third-order valence-electron chi connectivity index (χ3n) is 3.27. The zero-order valence-corrected chi connectivity index (χ0v) is 12.2. The summed E-state index contributed by atoms with van der Waals surface area (Å²) in [5, 5.41) is 2.58. The van der Waals surface area contributed by atoms with Crippen molar-refractivity contribution in [3.63, 3.8) is 0 Å². The van der Waals surface area contributed by atoms with Crippen molar-refractivity contribution in [1.29, 1.82) is 0 Å². The molecule has 98 valence electrons. The minimum Gasteiger partial charge on any atom is -0.0898 e. The molecule has 0 radical (unpaired) electrons. The Balaban J connectivity index is 1.92. The molecule has 0 aliphatic heterocycles. The number of benzene rings is 3. The maximum absolute atomic E-state index is 2.26. The fraction of sp³-hybridized carbons (Fsp3) is 0.0526. The van der Waals surface area contributed by atoms with Gasteiger partial charge in [0, 0.05) is 9.80 Å². The zero-order chi connectivity index (χ0) is 13.8. The molecule has 0 aliphatic rings. The Bertz CT molecular complexity index is 742. The van der Waals surface area contributed by atoms with Crippen molar-refractivity contribution >= 4 is 27.4 Å². The van der Waals surface area contributed by atoms with E-state index in [1.807, 2.05) is 11.8 Å². The van der Waals surface area contributed by atoms with E-state index in [0.29, 0.717) is 0 Å². The van der Waals surface area contributed by atoms with Crippen molar-refractivity contribution < 1.29 is 0 Å². The van der Waals surface area contributed by atoms with Gasteiger partial charge in [-0.3, -0.25) is 0 Å². The van der Waals surface area contributed by atoms with Gasteiger partial charge in [0.05, 0.1) is 0 Å². The SMILES string of the molecule is C/C=C(\Sc1ccc2ccccc2c1)c1ccccc1. The molecule has 1 heteroatoms. The van der Waals surface area contributed by atoms with Crippen molar-refractivity contribution in [2.24, 2.45) is 0 Å². The molecule has 20 heavy (non-hydrogen) atoms. The zero-order valence-electron chi connectivity index (χ0n) is 11.4. The molecule has 3 aromatic carbocycles. The summed E-state index contributed by atoms with van der Waals surface area (Å²) in [6, 6.07) is 25.7. The van der Waals surface area contributed by atoms with Crippen LogP contribution in [0.4, 0.5) is 0 Å². The molecular weight excluding hydrogens is 260 g/mol. The van der Waals surface area contributed by atoms with Crippen LogP contribution >= 0.6 is 11.8 Å². The molecule has 0 heterocycles. The molecule has 0 N–H and O–H groups in total. The molecule has 0 saturated carbocycles. The van der Waals surface area contributed by atoms with Crippen molar-refractivity contribution in [2.45, 2.75) is 11.8 Å². The average Bonchev–Trinajstić information content (AvgIpc) is 2.53. The molecule has 0 atom stereocenters. The Morgan fingerprint density at radius 2 is 1.50 bits per heavy atom. The number of fused-ring (bicyclic) bond motifs is 1. The summed E-state index contributed by atoms with van der Waals surface area (Å²) >= 11 is 1.82. The quantitative estimate of drug-likeness (QED) is 0.529. The number of allylic oxidation sites excluding steroid dienone is 1. The van der Waals surface area contributed by atoms with Crippen LogP contribution in [-0.2, 0) is 0 Å². The Morgan fingerprint density at radius 1 is 0.800 bits per heavy atom. The van der Waals surface area contributed by atoms with Crippen molar-refractivity contribution in [2.75, 3.05) is 0 Å². The number of rotatable bonds is 3. The predicted molar refractivity (Wildman–Crippen MR) is 89.9 cm³/mol. The van der Waals surface area contributed by atoms with Gasteiger partial charge < -0.3 is 0 Å². The minimum atomic E-state index is 1.27. The summed E-state index contributed by atoms with van der Waals surface area (Å²) in [7, 11) is 0. The number of hydrogen-bond acceptors (Lipinski definition) is 1. The monoisotopic (exact) mass is 276 g/mol. The standard InChI is InChI=1S/C19H16S/c1-2-19(16-9-4-3-5-10-16)20-18-13-12-15-8-6-7-11-17(15)14-18/h2-14H,1H3/b19-2-. The van der Waals surface area contributed by atoms with E-state index in [2.05, 4.69) is 85.8 Å². The average molecular weight is 276 g/mol. The lowest BCUT2D eigenvalue weighted by atomic mass is 10.1. The molecule has 0 saturated heterocycles. The van der Waals surface area contributed by atoms with Crippen LogP contribution in [0, 0.1) is 0 Å². The largest absolute Gasteiger partial charge is 0.0898 e. The Morgan fingerprint density at radius 3 is 2.25 bits per heavy atom. The van der Waals surface area contributed by atoms with Gasteiger partial charge in [0.2, 0.25) is 0 Å². The second-order valence-corrected chi connectivity index (χ2v) is 5.75. The van der Waals surface area contributed by atoms with Gasteiger partial charge in [-0.05, 0) is 35.4 Å². The van der Waals surface area contributed by atoms with Gasteiger partial charge in [0.25, 0.3) is 0 Å². The lowest BCUT2D eigenvalue weighted by Crippen LogP contribution is -1.80. The molecule has 3 rings (SSSR count). The summed E-state index contributed by atoms with van der Waals surface area (Å²) in [6.07, 6.45) is 2.18. The van der Waals surface area contributed by atoms with E-state index in [1.165, 1.54) is 26.1 Å². The van der Waals surface area contributed by atoms with Gasteiger partial charge >= 0.3 is 0 Å². The summed E-state index contributed by atoms with van der Waals surface area (Å²) in [6.45, 7) is 2.09. The van der Waals surface area contributed by atoms with Crippen molar-refractivity contribution in [3.05, 3.63) is 84.4 Å². The third-order valence-corrected chi connectivity index (χ3v) is 4.45. The topological polar surface area (TPSA) is 0 Å². The molecule has 0 amide bonds. The highest BCUT2D eigenvalue weighted by molar-refractivity contribution is 8.08. The van der Waals surface area contributed by atoms with Crippen LogP contribution in [-0.4, -0.2) is 0 Å². The molecule has 0 spiro atoms. The van der Waals surface area contributed by atoms with E-state index < -0.39 is 0 Å². The van der Waals surface area contributed by atoms with Crippen LogP contribution in [0.1, 0.15) is 12.5 Å². The first-order chi connectivity index (χ1) is 9.86. The highest BCUT2D eigenvalue weighted by atomic mass is 32.2. The van der Waals surface area contributed by atoms with E-state index in [9.17, 15) is 0 Å². The lowest BCUT2D eigenvalue weighted by molar-refractivity contribution is 1.51. The van der Waals surface area contributed by atoms with Gasteiger partial charge in [-0.1, -0.05) is 78.5 Å². The second-order valence-electron chi connectivity index (χ2n) is 4.63. The summed E-state index contributed by atoms with van der Waals surface area (Å²) < 4.78 is 0. The van der Waals surface area contributed by atoms with Gasteiger partial charge in [0.1, 0.15) is 0 Å². The first-order valence-corrected chi connectivity index (χ1v) is 7.57. The summed E-state index contributed by atoms with van der Waals surface area (Å²) in [4.78, 5) is 2.57. The van der Waals surface area contributed by atoms with Crippen LogP contribution in [0.3, 0.4) is 0 Å². The van der Waals surface area contributed by atoms with Crippen LogP contribution in [0.25, 0.3) is 15.7 Å². The minimum absolute atomic E-state index is 1.27. The Kier molecular flexibility index (Phi) is 3.89. The van der Waals surface area contributed by atoms with Gasteiger partial charge in [0.15, 0.2) is 0 Å². The van der Waals surface area contributed by atoms with E-state index >= 15 is 0 Å². The lowest BCUT2D eigenvalue weighted by Gasteiger charge is -2.08. The first kappa shape index (κ1) is 13.0. The number of thioether (sulfide) groups is 1. The summed E-state index contributed by atoms with van der Waals surface area (Å²) in [5.41, 5.74) is 1.27. The fourth-order valence-electron chi connectivity index (χ4n) is 2.24. The van der Waals surface area contributed by atoms with Gasteiger partial charge in [-0.15, -0.1) is 0 Å². The van der Waals surface area contributed by atoms with Gasteiger partial charge in [-0.25, -0.2) is 0 Å². The molecule has 0 fully saturated rings. The fourth-order valence-corrected chi connectivity index (χ4v) is 3.19. The molecule has 0 bridgehead atoms. The van der Waals surface area contributed by atoms with E-state index in [1.54, 1.807) is 0 Å². The van der Waals surface area contributed by atoms with E-state index in [-0.39, 0.29) is 0 Å². The molecule has 0 aromatic heterocycles. The highest BCUT2D eigenvalue weighted by Gasteiger charge is 2.03. The third kappa shape index (κ3) is 2.78. The van der Waals surface area contributed by atoms with E-state index in [0.717, 1.165) is 0 Å². The van der Waals surface area contributed by atoms with Crippen molar-refractivity contribution in [1.82, 2.24) is 0 Å². The first-order valence-electron chi connectivity index (χ1n) is 6.75. The van der Waals surface area contributed by atoms with Crippen LogP contribution < -0.4 is 0 Å². The highest BCUT2D eigenvalue weighted by Crippen LogP contribution is 2.35. The van der Waals surface area contributed by atoms with Gasteiger partial charge in [-0.2, -0.15) is 0 Å². The molecular formula is C19H16S.